The fraction of sp³-hybridized carbons (Fsp3) is 0.846. The molecule has 1 unspecified atom stereocenters. The molecule has 1 atom stereocenters. The Morgan fingerprint density at radius 1 is 1.32 bits per heavy atom. The Kier molecular flexibility index (Phi) is 5.17. The fourth-order valence-electron chi connectivity index (χ4n) is 2.11. The van der Waals surface area contributed by atoms with Crippen LogP contribution in [0.15, 0.2) is 0 Å². The van der Waals surface area contributed by atoms with E-state index >= 15 is 0 Å². The minimum atomic E-state index is -0.980. The molecule has 0 aromatic carbocycles. The summed E-state index contributed by atoms with van der Waals surface area (Å²) < 4.78 is 5.26. The zero-order valence-corrected chi connectivity index (χ0v) is 12.2. The summed E-state index contributed by atoms with van der Waals surface area (Å²) in [5.74, 6) is -0.980. The molecule has 0 aromatic heterocycles. The predicted octanol–water partition coefficient (Wildman–Crippen LogP) is 1.40. The summed E-state index contributed by atoms with van der Waals surface area (Å²) in [6.07, 6.45) is 0.426. The lowest BCUT2D eigenvalue weighted by molar-refractivity contribution is -0.145. The molecule has 19 heavy (non-hydrogen) atoms. The van der Waals surface area contributed by atoms with Crippen LogP contribution in [0, 0.1) is 0 Å². The van der Waals surface area contributed by atoms with E-state index in [1.807, 2.05) is 0 Å². The quantitative estimate of drug-likeness (QED) is 0.841. The van der Waals surface area contributed by atoms with Gasteiger partial charge in [0.1, 0.15) is 11.6 Å². The summed E-state index contributed by atoms with van der Waals surface area (Å²) in [6.45, 7) is 9.67. The van der Waals surface area contributed by atoms with Crippen LogP contribution in [0.25, 0.3) is 0 Å². The van der Waals surface area contributed by atoms with Crippen molar-refractivity contribution < 1.29 is 19.4 Å². The largest absolute Gasteiger partial charge is 0.480 e. The third kappa shape index (κ3) is 4.70. The number of amides is 1. The number of piperazine rings is 1. The highest BCUT2D eigenvalue weighted by atomic mass is 16.6. The molecule has 1 rings (SSSR count). The van der Waals surface area contributed by atoms with Crippen LogP contribution in [0.2, 0.25) is 0 Å². The number of carbonyl (C=O) groups excluding carboxylic acids is 1. The third-order valence-electron chi connectivity index (χ3n) is 2.92. The topological polar surface area (TPSA) is 70.1 Å². The van der Waals surface area contributed by atoms with Gasteiger partial charge in [-0.15, -0.1) is 0 Å². The van der Waals surface area contributed by atoms with Gasteiger partial charge < -0.3 is 9.84 Å². The number of nitrogens with zero attached hydrogens (tertiary/aromatic N) is 2. The molecule has 0 bridgehead atoms. The van der Waals surface area contributed by atoms with E-state index in [4.69, 9.17) is 4.74 Å². The smallest absolute Gasteiger partial charge is 0.411 e. The Morgan fingerprint density at radius 3 is 2.42 bits per heavy atom. The Morgan fingerprint density at radius 2 is 1.95 bits per heavy atom. The highest BCUT2D eigenvalue weighted by Gasteiger charge is 2.37. The Balaban J connectivity index is 2.72. The van der Waals surface area contributed by atoms with Crippen molar-refractivity contribution in [3.8, 4) is 0 Å². The van der Waals surface area contributed by atoms with Crippen LogP contribution < -0.4 is 0 Å². The number of hydrogen-bond acceptors (Lipinski definition) is 4. The lowest BCUT2D eigenvalue weighted by Crippen LogP contribution is -2.59. The molecule has 1 aliphatic heterocycles. The van der Waals surface area contributed by atoms with E-state index < -0.39 is 23.7 Å². The number of hydrogen-bond donors (Lipinski definition) is 1. The van der Waals surface area contributed by atoms with Gasteiger partial charge in [-0.05, 0) is 33.7 Å². The maximum absolute atomic E-state index is 12.0. The summed E-state index contributed by atoms with van der Waals surface area (Å²) in [5, 5.41) is 9.27. The maximum atomic E-state index is 12.0. The zero-order chi connectivity index (χ0) is 14.6. The van der Waals surface area contributed by atoms with E-state index in [0.29, 0.717) is 19.6 Å². The van der Waals surface area contributed by atoms with Crippen LogP contribution in [0.3, 0.4) is 0 Å². The third-order valence-corrected chi connectivity index (χ3v) is 2.92. The SMILES string of the molecule is CCCN1CCN(C(=O)OC(C)(C)C)C(C(=O)O)C1. The van der Waals surface area contributed by atoms with Gasteiger partial charge in [-0.25, -0.2) is 9.59 Å². The number of carboxylic acid groups (broad SMARTS) is 1. The molecule has 1 heterocycles. The number of carboxylic acids is 1. The minimum Gasteiger partial charge on any atom is -0.480 e. The first-order chi connectivity index (χ1) is 8.74. The lowest BCUT2D eigenvalue weighted by atomic mass is 10.1. The fourth-order valence-corrected chi connectivity index (χ4v) is 2.11. The summed E-state index contributed by atoms with van der Waals surface area (Å²) in [7, 11) is 0. The first-order valence-corrected chi connectivity index (χ1v) is 6.69. The molecule has 1 amide bonds. The van der Waals surface area contributed by atoms with Gasteiger partial charge in [0.2, 0.25) is 0 Å². The van der Waals surface area contributed by atoms with Crippen LogP contribution in [0.4, 0.5) is 4.79 Å². The molecule has 6 heteroatoms. The second-order valence-corrected chi connectivity index (χ2v) is 5.83. The van der Waals surface area contributed by atoms with Crippen molar-refractivity contribution in [1.29, 1.82) is 0 Å². The van der Waals surface area contributed by atoms with Gasteiger partial charge >= 0.3 is 12.1 Å². The van der Waals surface area contributed by atoms with Crippen LogP contribution in [-0.4, -0.2) is 64.8 Å². The standard InChI is InChI=1S/C13H24N2O4/c1-5-6-14-7-8-15(10(9-14)11(16)17)12(18)19-13(2,3)4/h10H,5-9H2,1-4H3,(H,16,17). The average Bonchev–Trinajstić information content (AvgIpc) is 2.26. The van der Waals surface area contributed by atoms with E-state index in [9.17, 15) is 14.7 Å². The van der Waals surface area contributed by atoms with Gasteiger partial charge in [0, 0.05) is 19.6 Å². The maximum Gasteiger partial charge on any atom is 0.411 e. The summed E-state index contributed by atoms with van der Waals surface area (Å²) in [6, 6.07) is -0.824. The van der Waals surface area contributed by atoms with Crippen LogP contribution >= 0.6 is 0 Å². The van der Waals surface area contributed by atoms with E-state index in [2.05, 4.69) is 11.8 Å². The molecule has 0 saturated carbocycles. The summed E-state index contributed by atoms with van der Waals surface area (Å²) >= 11 is 0. The predicted molar refractivity (Wildman–Crippen MR) is 71.1 cm³/mol. The second-order valence-electron chi connectivity index (χ2n) is 5.83. The van der Waals surface area contributed by atoms with E-state index in [1.165, 1.54) is 4.90 Å². The van der Waals surface area contributed by atoms with Gasteiger partial charge in [0.25, 0.3) is 0 Å². The van der Waals surface area contributed by atoms with Crippen molar-refractivity contribution in [2.45, 2.75) is 45.8 Å². The molecule has 0 aliphatic carbocycles. The highest BCUT2D eigenvalue weighted by Crippen LogP contribution is 2.16. The van der Waals surface area contributed by atoms with Crippen LogP contribution in [0.5, 0.6) is 0 Å². The molecule has 0 spiro atoms. The zero-order valence-electron chi connectivity index (χ0n) is 12.2. The molecular formula is C13H24N2O4. The van der Waals surface area contributed by atoms with Crippen LogP contribution in [-0.2, 0) is 9.53 Å². The van der Waals surface area contributed by atoms with Gasteiger partial charge in [-0.2, -0.15) is 0 Å². The van der Waals surface area contributed by atoms with Crippen molar-refractivity contribution in [2.75, 3.05) is 26.2 Å². The first-order valence-electron chi connectivity index (χ1n) is 6.69. The number of ether oxygens (including phenoxy) is 1. The number of aliphatic carboxylic acids is 1. The molecular weight excluding hydrogens is 248 g/mol. The van der Waals surface area contributed by atoms with E-state index in [1.54, 1.807) is 20.8 Å². The molecule has 1 fully saturated rings. The van der Waals surface area contributed by atoms with Gasteiger partial charge in [-0.3, -0.25) is 9.80 Å². The van der Waals surface area contributed by atoms with Crippen LogP contribution in [0.1, 0.15) is 34.1 Å². The molecule has 0 radical (unpaired) electrons. The molecule has 0 aromatic rings. The monoisotopic (exact) mass is 272 g/mol. The van der Waals surface area contributed by atoms with Crippen molar-refractivity contribution in [3.63, 3.8) is 0 Å². The van der Waals surface area contributed by atoms with Crippen molar-refractivity contribution in [3.05, 3.63) is 0 Å². The van der Waals surface area contributed by atoms with Crippen molar-refractivity contribution in [1.82, 2.24) is 9.80 Å². The van der Waals surface area contributed by atoms with E-state index in [0.717, 1.165) is 13.0 Å². The molecule has 110 valence electrons. The Bertz CT molecular complexity index is 338. The molecule has 1 aliphatic rings. The van der Waals surface area contributed by atoms with Gasteiger partial charge in [-0.1, -0.05) is 6.92 Å². The highest BCUT2D eigenvalue weighted by molar-refractivity contribution is 5.80. The van der Waals surface area contributed by atoms with Gasteiger partial charge in [0.05, 0.1) is 0 Å². The molecule has 1 N–H and O–H groups in total. The summed E-state index contributed by atoms with van der Waals surface area (Å²) in [5.41, 5.74) is -0.610. The van der Waals surface area contributed by atoms with Crippen molar-refractivity contribution >= 4 is 12.1 Å². The minimum absolute atomic E-state index is 0.364. The number of carbonyl (C=O) groups is 2. The average molecular weight is 272 g/mol. The lowest BCUT2D eigenvalue weighted by Gasteiger charge is -2.39. The number of rotatable bonds is 3. The first kappa shape index (κ1) is 15.8. The van der Waals surface area contributed by atoms with Gasteiger partial charge in [0.15, 0.2) is 0 Å². The normalized spacial score (nSPS) is 21.3. The van der Waals surface area contributed by atoms with E-state index in [-0.39, 0.29) is 0 Å². The Hall–Kier alpha value is -1.30. The Labute approximate surface area is 114 Å². The second kappa shape index (κ2) is 6.23. The molecule has 1 saturated heterocycles. The summed E-state index contributed by atoms with van der Waals surface area (Å²) in [4.78, 5) is 26.7. The van der Waals surface area contributed by atoms with Crippen molar-refractivity contribution in [2.24, 2.45) is 0 Å². The molecule has 6 nitrogen and oxygen atoms in total.